The van der Waals surface area contributed by atoms with Crippen LogP contribution in [0.2, 0.25) is 0 Å². The molecule has 0 radical (unpaired) electrons. The maximum Gasteiger partial charge on any atom is 0.255 e. The lowest BCUT2D eigenvalue weighted by Crippen LogP contribution is -2.24. The monoisotopic (exact) mass is 412 g/mol. The van der Waals surface area contributed by atoms with Gasteiger partial charge in [0.05, 0.1) is 36.5 Å². The van der Waals surface area contributed by atoms with Gasteiger partial charge in [0.15, 0.2) is 0 Å². The van der Waals surface area contributed by atoms with Crippen LogP contribution in [0, 0.1) is 16.7 Å². The number of nitrogens with one attached hydrogen (secondary N) is 2. The number of nitrogen functional groups attached to an aromatic ring is 1. The Morgan fingerprint density at radius 2 is 1.77 bits per heavy atom. The number of carbonyl (C=O) groups is 1. The average molecular weight is 412 g/mol. The molecule has 0 spiro atoms. The Morgan fingerprint density at radius 3 is 2.39 bits per heavy atom. The summed E-state index contributed by atoms with van der Waals surface area (Å²) in [6.07, 6.45) is 4.20. The van der Waals surface area contributed by atoms with Crippen molar-refractivity contribution in [2.45, 2.75) is 38.3 Å². The molecule has 0 unspecified atom stereocenters. The van der Waals surface area contributed by atoms with E-state index < -0.39 is 0 Å². The van der Waals surface area contributed by atoms with Crippen LogP contribution in [0.5, 0.6) is 0 Å². The predicted octanol–water partition coefficient (Wildman–Crippen LogP) is 3.09. The summed E-state index contributed by atoms with van der Waals surface area (Å²) in [7, 11) is 0. The van der Waals surface area contributed by atoms with Gasteiger partial charge in [0.2, 0.25) is 0 Å². The van der Waals surface area contributed by atoms with Gasteiger partial charge in [-0.3, -0.25) is 14.9 Å². The lowest BCUT2D eigenvalue weighted by atomic mass is 10.1. The number of nitrogens with two attached hydrogens (primary N) is 1. The van der Waals surface area contributed by atoms with Gasteiger partial charge in [0, 0.05) is 18.0 Å². The van der Waals surface area contributed by atoms with Crippen molar-refractivity contribution in [3.63, 3.8) is 0 Å². The minimum Gasteiger partial charge on any atom is -0.384 e. The summed E-state index contributed by atoms with van der Waals surface area (Å²) in [6, 6.07) is 17.4. The number of hydrogen-bond acceptors (Lipinski definition) is 4. The molecule has 1 saturated carbocycles. The molecule has 7 nitrogen and oxygen atoms in total. The number of nitriles is 1. The molecule has 1 aliphatic carbocycles. The fourth-order valence-electron chi connectivity index (χ4n) is 3.59. The number of carbonyl (C=O) groups excluding carboxylic acids is 1. The van der Waals surface area contributed by atoms with Crippen LogP contribution in [0.1, 0.15) is 57.1 Å². The number of aromatic nitrogens is 2. The summed E-state index contributed by atoms with van der Waals surface area (Å²) >= 11 is 0. The molecule has 0 aliphatic heterocycles. The number of nitrogens with zero attached hydrogens (tertiary/aromatic N) is 3. The lowest BCUT2D eigenvalue weighted by molar-refractivity contribution is 0.0949. The maximum atomic E-state index is 12.9. The molecule has 1 amide bonds. The zero-order valence-corrected chi connectivity index (χ0v) is 17.1. The van der Waals surface area contributed by atoms with Gasteiger partial charge in [-0.05, 0) is 29.5 Å². The van der Waals surface area contributed by atoms with E-state index in [-0.39, 0.29) is 11.7 Å². The van der Waals surface area contributed by atoms with Crippen molar-refractivity contribution in [3.8, 4) is 6.07 Å². The Morgan fingerprint density at radius 1 is 1.13 bits per heavy atom. The summed E-state index contributed by atoms with van der Waals surface area (Å²) in [5.41, 5.74) is 10.8. The molecule has 7 heteroatoms. The van der Waals surface area contributed by atoms with Gasteiger partial charge in [-0.1, -0.05) is 48.5 Å². The van der Waals surface area contributed by atoms with E-state index in [0.717, 1.165) is 35.2 Å². The van der Waals surface area contributed by atoms with Crippen LogP contribution >= 0.6 is 0 Å². The quantitative estimate of drug-likeness (QED) is 0.389. The molecule has 2 aromatic carbocycles. The Kier molecular flexibility index (Phi) is 5.80. The smallest absolute Gasteiger partial charge is 0.255 e. The topological polar surface area (TPSA) is 121 Å². The summed E-state index contributed by atoms with van der Waals surface area (Å²) in [5.74, 6) is 0.265. The first-order chi connectivity index (χ1) is 15.0. The highest BCUT2D eigenvalue weighted by Crippen LogP contribution is 2.41. The van der Waals surface area contributed by atoms with Gasteiger partial charge in [-0.15, -0.1) is 0 Å². The van der Waals surface area contributed by atoms with Crippen molar-refractivity contribution in [3.05, 3.63) is 88.2 Å². The lowest BCUT2D eigenvalue weighted by Gasteiger charge is -2.10. The summed E-state index contributed by atoms with van der Waals surface area (Å²) < 4.78 is 1.92. The largest absolute Gasteiger partial charge is 0.384 e. The molecule has 1 aromatic heterocycles. The van der Waals surface area contributed by atoms with Crippen LogP contribution in [0.3, 0.4) is 0 Å². The summed E-state index contributed by atoms with van der Waals surface area (Å²) in [6.45, 7) is 0.991. The number of benzene rings is 2. The van der Waals surface area contributed by atoms with Gasteiger partial charge in [0.1, 0.15) is 5.84 Å². The van der Waals surface area contributed by atoms with E-state index in [9.17, 15) is 4.79 Å². The molecular formula is C24H24N6O. The molecule has 1 aliphatic rings. The third-order valence-electron chi connectivity index (χ3n) is 5.45. The Balaban J connectivity index is 1.46. The Bertz CT molecular complexity index is 1130. The number of rotatable bonds is 8. The van der Waals surface area contributed by atoms with Crippen molar-refractivity contribution in [1.82, 2.24) is 15.1 Å². The van der Waals surface area contributed by atoms with Crippen molar-refractivity contribution in [2.24, 2.45) is 5.73 Å². The van der Waals surface area contributed by atoms with Crippen LogP contribution in [0.15, 0.2) is 54.7 Å². The van der Waals surface area contributed by atoms with E-state index in [0.29, 0.717) is 36.6 Å². The highest BCUT2D eigenvalue weighted by molar-refractivity contribution is 5.96. The second kappa shape index (κ2) is 8.84. The van der Waals surface area contributed by atoms with Crippen LogP contribution < -0.4 is 11.1 Å². The Hall–Kier alpha value is -3.92. The SMILES string of the molecule is N#CCc1ccc(Cn2ncc(C(=O)NCc3ccc(C(=N)N)cc3)c2C2CC2)cc1. The van der Waals surface area contributed by atoms with Crippen LogP contribution in [0.25, 0.3) is 0 Å². The highest BCUT2D eigenvalue weighted by Gasteiger charge is 2.32. The maximum absolute atomic E-state index is 12.9. The molecule has 156 valence electrons. The average Bonchev–Trinajstić information content (AvgIpc) is 3.53. The molecule has 1 heterocycles. The molecule has 0 bridgehead atoms. The summed E-state index contributed by atoms with van der Waals surface area (Å²) in [4.78, 5) is 12.9. The van der Waals surface area contributed by atoms with E-state index in [1.165, 1.54) is 0 Å². The van der Waals surface area contributed by atoms with Crippen molar-refractivity contribution < 1.29 is 4.79 Å². The van der Waals surface area contributed by atoms with E-state index in [4.69, 9.17) is 16.4 Å². The second-order valence-electron chi connectivity index (χ2n) is 7.82. The van der Waals surface area contributed by atoms with Gasteiger partial charge in [-0.25, -0.2) is 0 Å². The fraction of sp³-hybridized carbons (Fsp3) is 0.250. The molecule has 4 rings (SSSR count). The highest BCUT2D eigenvalue weighted by atomic mass is 16.1. The van der Waals surface area contributed by atoms with Gasteiger partial charge >= 0.3 is 0 Å². The van der Waals surface area contributed by atoms with E-state index >= 15 is 0 Å². The minimum absolute atomic E-state index is 0.0248. The van der Waals surface area contributed by atoms with E-state index in [1.807, 2.05) is 41.1 Å². The first-order valence-corrected chi connectivity index (χ1v) is 10.3. The van der Waals surface area contributed by atoms with E-state index in [2.05, 4.69) is 16.5 Å². The molecular weight excluding hydrogens is 388 g/mol. The normalized spacial score (nSPS) is 12.9. The molecule has 3 aromatic rings. The van der Waals surface area contributed by atoms with Crippen molar-refractivity contribution in [2.75, 3.05) is 0 Å². The third kappa shape index (κ3) is 4.81. The number of amides is 1. The second-order valence-corrected chi connectivity index (χ2v) is 7.82. The number of amidine groups is 1. The molecule has 1 fully saturated rings. The molecule has 4 N–H and O–H groups in total. The molecule has 0 saturated heterocycles. The van der Waals surface area contributed by atoms with Crippen molar-refractivity contribution >= 4 is 11.7 Å². The van der Waals surface area contributed by atoms with Crippen LogP contribution in [0.4, 0.5) is 0 Å². The minimum atomic E-state index is -0.131. The first-order valence-electron chi connectivity index (χ1n) is 10.3. The third-order valence-corrected chi connectivity index (χ3v) is 5.45. The fourth-order valence-corrected chi connectivity index (χ4v) is 3.59. The predicted molar refractivity (Wildman–Crippen MR) is 118 cm³/mol. The van der Waals surface area contributed by atoms with Crippen molar-refractivity contribution in [1.29, 1.82) is 10.7 Å². The molecule has 31 heavy (non-hydrogen) atoms. The Labute approximate surface area is 181 Å². The number of hydrogen-bond donors (Lipinski definition) is 3. The van der Waals surface area contributed by atoms with Crippen LogP contribution in [-0.4, -0.2) is 21.5 Å². The molecule has 0 atom stereocenters. The van der Waals surface area contributed by atoms with Gasteiger partial charge in [0.25, 0.3) is 5.91 Å². The van der Waals surface area contributed by atoms with Gasteiger partial charge < -0.3 is 11.1 Å². The zero-order chi connectivity index (χ0) is 21.8. The van der Waals surface area contributed by atoms with E-state index in [1.54, 1.807) is 18.3 Å². The van der Waals surface area contributed by atoms with Crippen LogP contribution in [-0.2, 0) is 19.5 Å². The first kappa shape index (κ1) is 20.4. The standard InChI is InChI=1S/C24H24N6O/c25-12-11-16-1-3-18(4-2-16)15-30-22(19-9-10-19)21(14-29-30)24(31)28-13-17-5-7-20(8-6-17)23(26)27/h1-8,14,19H,9-11,13,15H2,(H3,26,27)(H,28,31). The zero-order valence-electron chi connectivity index (χ0n) is 17.1. The van der Waals surface area contributed by atoms with Gasteiger partial charge in [-0.2, -0.15) is 10.4 Å². The summed E-state index contributed by atoms with van der Waals surface area (Å²) in [5, 5.41) is 23.8.